The first-order valence-electron chi connectivity index (χ1n) is 8.99. The van der Waals surface area contributed by atoms with Gasteiger partial charge in [-0.15, -0.1) is 12.4 Å². The summed E-state index contributed by atoms with van der Waals surface area (Å²) in [5, 5.41) is 3.44. The van der Waals surface area contributed by atoms with Crippen LogP contribution in [0.25, 0.3) is 10.9 Å². The van der Waals surface area contributed by atoms with Crippen molar-refractivity contribution >= 4 is 34.9 Å². The van der Waals surface area contributed by atoms with E-state index in [1.807, 2.05) is 4.90 Å². The van der Waals surface area contributed by atoms with Crippen LogP contribution in [-0.4, -0.2) is 36.6 Å². The molecule has 1 aromatic carbocycles. The van der Waals surface area contributed by atoms with Gasteiger partial charge >= 0.3 is 6.18 Å². The fourth-order valence-electron chi connectivity index (χ4n) is 3.75. The molecule has 2 atom stereocenters. The lowest BCUT2D eigenvalue weighted by molar-refractivity contribution is -0.136. The van der Waals surface area contributed by atoms with Crippen LogP contribution in [0.3, 0.4) is 0 Å². The Bertz CT molecular complexity index is 830. The number of hydrogen-bond acceptors (Lipinski definition) is 4. The topological polar surface area (TPSA) is 71.2 Å². The molecule has 1 aliphatic heterocycles. The smallest absolute Gasteiger partial charge is 0.369 e. The van der Waals surface area contributed by atoms with Crippen LogP contribution in [0.15, 0.2) is 30.5 Å². The molecule has 0 bridgehead atoms. The molecule has 0 saturated carbocycles. The normalized spacial score (nSPS) is 20.0. The fraction of sp³-hybridized carbons (Fsp3) is 0.474. The second-order valence-electron chi connectivity index (χ2n) is 7.08. The number of pyridine rings is 1. The number of carbonyl (C=O) groups is 1. The number of amides is 1. The second kappa shape index (κ2) is 8.96. The van der Waals surface area contributed by atoms with E-state index < -0.39 is 11.7 Å². The van der Waals surface area contributed by atoms with Crippen molar-refractivity contribution < 1.29 is 18.0 Å². The summed E-state index contributed by atoms with van der Waals surface area (Å²) in [6, 6.07) is 5.82. The van der Waals surface area contributed by atoms with Gasteiger partial charge in [0.2, 0.25) is 5.91 Å². The first kappa shape index (κ1) is 22.2. The molecule has 0 spiro atoms. The molecule has 3 rings (SSSR count). The zero-order valence-electron chi connectivity index (χ0n) is 15.5. The second-order valence-corrected chi connectivity index (χ2v) is 7.08. The summed E-state index contributed by atoms with van der Waals surface area (Å²) < 4.78 is 40.0. The molecule has 0 aliphatic carbocycles. The number of anilines is 1. The van der Waals surface area contributed by atoms with Crippen molar-refractivity contribution in [3.63, 3.8) is 0 Å². The van der Waals surface area contributed by atoms with E-state index in [2.05, 4.69) is 17.2 Å². The van der Waals surface area contributed by atoms with E-state index in [9.17, 15) is 18.0 Å². The zero-order valence-corrected chi connectivity index (χ0v) is 16.3. The summed E-state index contributed by atoms with van der Waals surface area (Å²) in [6.45, 7) is 3.60. The maximum Gasteiger partial charge on any atom is 0.418 e. The number of nitrogens with one attached hydrogen (secondary N) is 1. The molecular weight excluding hydrogens is 393 g/mol. The largest absolute Gasteiger partial charge is 0.418 e. The van der Waals surface area contributed by atoms with Crippen LogP contribution in [0.1, 0.15) is 25.3 Å². The van der Waals surface area contributed by atoms with E-state index in [1.165, 1.54) is 12.3 Å². The number of rotatable bonds is 4. The number of piperidine rings is 1. The standard InChI is InChI=1S/C19H23F3N4O.ClH/c1-12-9-13(25-17(27)6-7-23)11-26(10-12)16-5-4-15(19(20,21)22)18-14(16)3-2-8-24-18;/h2-5,8,12-13H,6-7,9-11,23H2,1H3,(H,25,27);1H/t12-,13+;/m0./s1. The molecule has 1 fully saturated rings. The van der Waals surface area contributed by atoms with E-state index in [-0.39, 0.29) is 48.8 Å². The molecule has 2 aromatic rings. The van der Waals surface area contributed by atoms with Gasteiger partial charge in [-0.05, 0) is 36.6 Å². The van der Waals surface area contributed by atoms with Crippen molar-refractivity contribution in [2.45, 2.75) is 32.0 Å². The average Bonchev–Trinajstić information content (AvgIpc) is 2.59. The Morgan fingerprint density at radius 1 is 1.32 bits per heavy atom. The van der Waals surface area contributed by atoms with Gasteiger partial charge in [-0.2, -0.15) is 13.2 Å². The minimum atomic E-state index is -4.46. The fourth-order valence-corrected chi connectivity index (χ4v) is 3.75. The van der Waals surface area contributed by atoms with Gasteiger partial charge < -0.3 is 16.0 Å². The van der Waals surface area contributed by atoms with Gasteiger partial charge in [0.05, 0.1) is 11.1 Å². The van der Waals surface area contributed by atoms with Crippen molar-refractivity contribution in [1.82, 2.24) is 10.3 Å². The SMILES string of the molecule is C[C@H]1C[C@@H](NC(=O)CCN)CN(c2ccc(C(F)(F)F)c3ncccc23)C1.Cl. The number of aromatic nitrogens is 1. The minimum absolute atomic E-state index is 0. The molecule has 5 nitrogen and oxygen atoms in total. The molecule has 2 heterocycles. The Balaban J connectivity index is 0.00000280. The highest BCUT2D eigenvalue weighted by Crippen LogP contribution is 2.38. The number of fused-ring (bicyclic) bond motifs is 1. The zero-order chi connectivity index (χ0) is 19.6. The van der Waals surface area contributed by atoms with Crippen LogP contribution in [-0.2, 0) is 11.0 Å². The van der Waals surface area contributed by atoms with Gasteiger partial charge in [-0.3, -0.25) is 9.78 Å². The summed E-state index contributed by atoms with van der Waals surface area (Å²) in [4.78, 5) is 17.9. The lowest BCUT2D eigenvalue weighted by atomic mass is 9.94. The van der Waals surface area contributed by atoms with Gasteiger partial charge in [0.1, 0.15) is 0 Å². The van der Waals surface area contributed by atoms with Gasteiger partial charge in [0.25, 0.3) is 0 Å². The number of alkyl halides is 3. The lowest BCUT2D eigenvalue weighted by Gasteiger charge is -2.39. The van der Waals surface area contributed by atoms with Crippen molar-refractivity contribution in [2.24, 2.45) is 11.7 Å². The number of benzene rings is 1. The Morgan fingerprint density at radius 2 is 2.07 bits per heavy atom. The number of nitrogens with two attached hydrogens (primary N) is 1. The van der Waals surface area contributed by atoms with E-state index in [4.69, 9.17) is 5.73 Å². The van der Waals surface area contributed by atoms with Crippen LogP contribution < -0.4 is 16.0 Å². The average molecular weight is 417 g/mol. The van der Waals surface area contributed by atoms with Crippen LogP contribution in [0.4, 0.5) is 18.9 Å². The van der Waals surface area contributed by atoms with Crippen LogP contribution in [0.2, 0.25) is 0 Å². The molecule has 0 unspecified atom stereocenters. The Labute approximate surface area is 167 Å². The van der Waals surface area contributed by atoms with Crippen molar-refractivity contribution in [1.29, 1.82) is 0 Å². The van der Waals surface area contributed by atoms with Crippen LogP contribution in [0.5, 0.6) is 0 Å². The monoisotopic (exact) mass is 416 g/mol. The molecule has 1 aromatic heterocycles. The van der Waals surface area contributed by atoms with Crippen molar-refractivity contribution in [2.75, 3.05) is 24.5 Å². The Kier molecular flexibility index (Phi) is 7.11. The Hall–Kier alpha value is -2.06. The molecular formula is C19H24ClF3N4O. The number of nitrogens with zero attached hydrogens (tertiary/aromatic N) is 2. The number of halogens is 4. The minimum Gasteiger partial charge on any atom is -0.369 e. The first-order valence-corrected chi connectivity index (χ1v) is 8.99. The van der Waals surface area contributed by atoms with Gasteiger partial charge in [0, 0.05) is 49.4 Å². The molecule has 1 amide bonds. The van der Waals surface area contributed by atoms with Crippen LogP contribution in [0, 0.1) is 5.92 Å². The third-order valence-corrected chi connectivity index (χ3v) is 4.79. The Morgan fingerprint density at radius 3 is 2.75 bits per heavy atom. The quantitative estimate of drug-likeness (QED) is 0.801. The van der Waals surface area contributed by atoms with Crippen molar-refractivity contribution in [3.05, 3.63) is 36.0 Å². The summed E-state index contributed by atoms with van der Waals surface area (Å²) >= 11 is 0. The highest BCUT2D eigenvalue weighted by atomic mass is 35.5. The summed E-state index contributed by atoms with van der Waals surface area (Å²) in [5.74, 6) is 0.187. The van der Waals surface area contributed by atoms with E-state index in [0.717, 1.165) is 12.5 Å². The highest BCUT2D eigenvalue weighted by molar-refractivity contribution is 5.94. The van der Waals surface area contributed by atoms with Gasteiger partial charge in [-0.25, -0.2) is 0 Å². The summed E-state index contributed by atoms with van der Waals surface area (Å²) in [7, 11) is 0. The lowest BCUT2D eigenvalue weighted by Crippen LogP contribution is -2.50. The molecule has 1 saturated heterocycles. The van der Waals surface area contributed by atoms with E-state index in [1.54, 1.807) is 12.1 Å². The van der Waals surface area contributed by atoms with Gasteiger partial charge in [-0.1, -0.05) is 6.92 Å². The molecule has 9 heteroatoms. The third-order valence-electron chi connectivity index (χ3n) is 4.79. The maximum absolute atomic E-state index is 13.3. The van der Waals surface area contributed by atoms with Gasteiger partial charge in [0.15, 0.2) is 0 Å². The molecule has 1 aliphatic rings. The van der Waals surface area contributed by atoms with Crippen molar-refractivity contribution in [3.8, 4) is 0 Å². The molecule has 0 radical (unpaired) electrons. The number of hydrogen-bond donors (Lipinski definition) is 2. The predicted octanol–water partition coefficient (Wildman–Crippen LogP) is 3.36. The number of carbonyl (C=O) groups excluding carboxylic acids is 1. The highest BCUT2D eigenvalue weighted by Gasteiger charge is 2.34. The summed E-state index contributed by atoms with van der Waals surface area (Å²) in [6.07, 6.45) is -2.00. The van der Waals surface area contributed by atoms with Crippen LogP contribution >= 0.6 is 12.4 Å². The molecule has 154 valence electrons. The maximum atomic E-state index is 13.3. The van der Waals surface area contributed by atoms with E-state index in [0.29, 0.717) is 24.2 Å². The first-order chi connectivity index (χ1) is 12.8. The van der Waals surface area contributed by atoms with E-state index >= 15 is 0 Å². The molecule has 3 N–H and O–H groups in total. The molecule has 28 heavy (non-hydrogen) atoms. The third kappa shape index (κ3) is 4.86. The summed E-state index contributed by atoms with van der Waals surface area (Å²) in [5.41, 5.74) is 5.34. The predicted molar refractivity (Wildman–Crippen MR) is 106 cm³/mol.